The highest BCUT2D eigenvalue weighted by Gasteiger charge is 2.33. The van der Waals surface area contributed by atoms with Gasteiger partial charge in [0.1, 0.15) is 0 Å². The molecule has 0 rings (SSSR count). The number of primary amides is 1. The van der Waals surface area contributed by atoms with E-state index in [1.807, 2.05) is 6.92 Å². The molecule has 0 aromatic heterocycles. The van der Waals surface area contributed by atoms with Gasteiger partial charge in [-0.15, -0.1) is 0 Å². The zero-order valence-electron chi connectivity index (χ0n) is 34.1. The SMILES string of the molecule is CCCCCCCC/C=C\CCCCCCCC(=O)OC(COCCNCC)C(OC(=O)CCCCCCC/C=C\CCCCCCCC)C(N)=O. The summed E-state index contributed by atoms with van der Waals surface area (Å²) in [7, 11) is 0. The van der Waals surface area contributed by atoms with Crippen molar-refractivity contribution in [1.82, 2.24) is 5.32 Å². The predicted molar refractivity (Wildman–Crippen MR) is 217 cm³/mol. The molecule has 0 aliphatic carbocycles. The maximum atomic E-state index is 12.8. The van der Waals surface area contributed by atoms with E-state index in [1.165, 1.54) is 89.9 Å². The Morgan fingerprint density at radius 3 is 1.33 bits per heavy atom. The summed E-state index contributed by atoms with van der Waals surface area (Å²) in [5.74, 6) is -1.78. The maximum Gasteiger partial charge on any atom is 0.306 e. The Hall–Kier alpha value is -2.19. The minimum atomic E-state index is -1.38. The topological polar surface area (TPSA) is 117 Å². The Bertz CT molecular complexity index is 877. The number of hydrogen-bond donors (Lipinski definition) is 2. The summed E-state index contributed by atoms with van der Waals surface area (Å²) in [5, 5.41) is 3.16. The van der Waals surface area contributed by atoms with Crippen LogP contribution in [0.3, 0.4) is 0 Å². The van der Waals surface area contributed by atoms with E-state index in [0.29, 0.717) is 26.0 Å². The van der Waals surface area contributed by atoms with Gasteiger partial charge in [-0.25, -0.2) is 0 Å². The van der Waals surface area contributed by atoms with Gasteiger partial charge in [-0.05, 0) is 70.8 Å². The van der Waals surface area contributed by atoms with Crippen LogP contribution in [0.15, 0.2) is 24.3 Å². The highest BCUT2D eigenvalue weighted by Crippen LogP contribution is 2.15. The molecule has 0 spiro atoms. The van der Waals surface area contributed by atoms with Crippen LogP contribution in [0.25, 0.3) is 0 Å². The molecule has 0 saturated heterocycles. The van der Waals surface area contributed by atoms with Crippen LogP contribution in [0.5, 0.6) is 0 Å². The van der Waals surface area contributed by atoms with Crippen LogP contribution in [0.4, 0.5) is 0 Å². The normalized spacial score (nSPS) is 12.8. The lowest BCUT2D eigenvalue weighted by atomic mass is 10.1. The number of allylic oxidation sites excluding steroid dienone is 4. The molecule has 1 amide bonds. The summed E-state index contributed by atoms with van der Waals surface area (Å²) < 4.78 is 16.8. The number of carbonyl (C=O) groups is 3. The Balaban J connectivity index is 4.38. The van der Waals surface area contributed by atoms with Gasteiger partial charge in [-0.3, -0.25) is 14.4 Å². The van der Waals surface area contributed by atoms with Crippen LogP contribution in [-0.4, -0.2) is 56.4 Å². The summed E-state index contributed by atoms with van der Waals surface area (Å²) in [5.41, 5.74) is 5.65. The van der Waals surface area contributed by atoms with Crippen molar-refractivity contribution in [2.24, 2.45) is 5.73 Å². The summed E-state index contributed by atoms with van der Waals surface area (Å²) in [4.78, 5) is 37.8. The Kier molecular flexibility index (Phi) is 38.3. The van der Waals surface area contributed by atoms with Gasteiger partial charge in [-0.2, -0.15) is 0 Å². The predicted octanol–water partition coefficient (Wildman–Crippen LogP) is 11.0. The van der Waals surface area contributed by atoms with E-state index in [9.17, 15) is 14.4 Å². The van der Waals surface area contributed by atoms with Crippen LogP contribution < -0.4 is 11.1 Å². The quantitative estimate of drug-likeness (QED) is 0.0365. The van der Waals surface area contributed by atoms with Crippen molar-refractivity contribution in [3.05, 3.63) is 24.3 Å². The maximum absolute atomic E-state index is 12.8. The standard InChI is InChI=1S/C44H82N2O6/c1-4-7-9-11-13-15-17-19-21-23-25-27-29-31-33-35-41(47)51-40(39-50-38-37-46-6-3)43(44(45)49)52-42(48)36-34-32-30-28-26-24-22-20-18-16-14-12-10-8-5-2/h19-22,40,43,46H,4-18,23-39H2,1-3H3,(H2,45,49)/b21-19-,22-20-. The van der Waals surface area contributed by atoms with Crippen molar-refractivity contribution in [3.63, 3.8) is 0 Å². The molecule has 0 aromatic rings. The summed E-state index contributed by atoms with van der Waals surface area (Å²) in [6.45, 7) is 8.21. The van der Waals surface area contributed by atoms with Crippen molar-refractivity contribution >= 4 is 17.8 Å². The van der Waals surface area contributed by atoms with Gasteiger partial charge >= 0.3 is 11.9 Å². The van der Waals surface area contributed by atoms with Gasteiger partial charge in [0.25, 0.3) is 5.91 Å². The van der Waals surface area contributed by atoms with E-state index < -0.39 is 30.1 Å². The first kappa shape index (κ1) is 49.8. The minimum absolute atomic E-state index is 0.0716. The zero-order valence-corrected chi connectivity index (χ0v) is 34.1. The zero-order chi connectivity index (χ0) is 38.2. The molecular weight excluding hydrogens is 652 g/mol. The molecule has 2 unspecified atom stereocenters. The van der Waals surface area contributed by atoms with Crippen LogP contribution in [0.1, 0.15) is 201 Å². The molecule has 0 aromatic carbocycles. The van der Waals surface area contributed by atoms with Crippen molar-refractivity contribution < 1.29 is 28.6 Å². The number of rotatable bonds is 40. The second-order valence-electron chi connectivity index (χ2n) is 14.4. The van der Waals surface area contributed by atoms with E-state index >= 15 is 0 Å². The summed E-state index contributed by atoms with van der Waals surface area (Å²) in [6, 6.07) is 0. The van der Waals surface area contributed by atoms with Crippen molar-refractivity contribution in [2.45, 2.75) is 213 Å². The second-order valence-corrected chi connectivity index (χ2v) is 14.4. The number of unbranched alkanes of at least 4 members (excludes halogenated alkanes) is 22. The first-order valence-electron chi connectivity index (χ1n) is 21.7. The third-order valence-electron chi connectivity index (χ3n) is 9.40. The number of hydrogen-bond acceptors (Lipinski definition) is 7. The fourth-order valence-electron chi connectivity index (χ4n) is 6.13. The van der Waals surface area contributed by atoms with E-state index in [1.54, 1.807) is 0 Å². The average molecular weight is 735 g/mol. The average Bonchev–Trinajstić information content (AvgIpc) is 3.13. The molecule has 0 aliphatic heterocycles. The first-order valence-corrected chi connectivity index (χ1v) is 21.7. The number of amides is 1. The highest BCUT2D eigenvalue weighted by atomic mass is 16.6. The second kappa shape index (κ2) is 40.0. The van der Waals surface area contributed by atoms with Crippen molar-refractivity contribution in [1.29, 1.82) is 0 Å². The molecule has 0 radical (unpaired) electrons. The molecular formula is C44H82N2O6. The first-order chi connectivity index (χ1) is 25.5. The number of carbonyl (C=O) groups excluding carboxylic acids is 3. The molecule has 3 N–H and O–H groups in total. The monoisotopic (exact) mass is 735 g/mol. The number of likely N-dealkylation sites (N-methyl/N-ethyl adjacent to an activating group) is 1. The molecule has 0 heterocycles. The van der Waals surface area contributed by atoms with E-state index in [-0.39, 0.29) is 19.4 Å². The van der Waals surface area contributed by atoms with Gasteiger partial charge in [0.2, 0.25) is 6.10 Å². The molecule has 8 nitrogen and oxygen atoms in total. The number of nitrogens with two attached hydrogens (primary N) is 1. The van der Waals surface area contributed by atoms with Crippen LogP contribution in [0, 0.1) is 0 Å². The van der Waals surface area contributed by atoms with Gasteiger partial charge in [-0.1, -0.05) is 148 Å². The largest absolute Gasteiger partial charge is 0.455 e. The van der Waals surface area contributed by atoms with Crippen molar-refractivity contribution in [2.75, 3.05) is 26.3 Å². The molecule has 304 valence electrons. The van der Waals surface area contributed by atoms with E-state index in [0.717, 1.165) is 70.8 Å². The molecule has 2 atom stereocenters. The minimum Gasteiger partial charge on any atom is -0.455 e. The van der Waals surface area contributed by atoms with Gasteiger partial charge in [0.15, 0.2) is 6.10 Å². The van der Waals surface area contributed by atoms with Gasteiger partial charge in [0, 0.05) is 19.4 Å². The number of nitrogens with one attached hydrogen (secondary N) is 1. The Morgan fingerprint density at radius 1 is 0.538 bits per heavy atom. The van der Waals surface area contributed by atoms with Gasteiger partial charge < -0.3 is 25.3 Å². The molecule has 0 bridgehead atoms. The lowest BCUT2D eigenvalue weighted by Gasteiger charge is -2.25. The molecule has 8 heteroatoms. The van der Waals surface area contributed by atoms with Crippen LogP contribution >= 0.6 is 0 Å². The lowest BCUT2D eigenvalue weighted by molar-refractivity contribution is -0.176. The fourth-order valence-corrected chi connectivity index (χ4v) is 6.13. The summed E-state index contributed by atoms with van der Waals surface area (Å²) in [6.07, 6.45) is 37.7. The Labute approximate surface area is 320 Å². The lowest BCUT2D eigenvalue weighted by Crippen LogP contribution is -2.47. The Morgan fingerprint density at radius 2 is 0.923 bits per heavy atom. The van der Waals surface area contributed by atoms with E-state index in [4.69, 9.17) is 19.9 Å². The highest BCUT2D eigenvalue weighted by molar-refractivity contribution is 5.83. The van der Waals surface area contributed by atoms with Crippen LogP contribution in [-0.2, 0) is 28.6 Å². The third kappa shape index (κ3) is 34.9. The summed E-state index contributed by atoms with van der Waals surface area (Å²) >= 11 is 0. The van der Waals surface area contributed by atoms with Crippen LogP contribution in [0.2, 0.25) is 0 Å². The third-order valence-corrected chi connectivity index (χ3v) is 9.40. The van der Waals surface area contributed by atoms with E-state index in [2.05, 4.69) is 43.5 Å². The molecule has 0 fully saturated rings. The molecule has 52 heavy (non-hydrogen) atoms. The smallest absolute Gasteiger partial charge is 0.306 e. The fraction of sp³-hybridized carbons (Fsp3) is 0.841. The van der Waals surface area contributed by atoms with Crippen molar-refractivity contribution in [3.8, 4) is 0 Å². The number of ether oxygens (including phenoxy) is 3. The molecule has 0 saturated carbocycles. The van der Waals surface area contributed by atoms with Gasteiger partial charge in [0.05, 0.1) is 13.2 Å². The number of esters is 2. The molecule has 0 aliphatic rings.